The summed E-state index contributed by atoms with van der Waals surface area (Å²) >= 11 is 0. The van der Waals surface area contributed by atoms with Crippen LogP contribution in [0.15, 0.2) is 42.5 Å². The number of Topliss-reactive ketones (excluding diaryl/α,β-unsaturated/α-hetero) is 1. The molecule has 52 heavy (non-hydrogen) atoms. The van der Waals surface area contributed by atoms with E-state index in [1.54, 1.807) is 25.1 Å². The van der Waals surface area contributed by atoms with Crippen molar-refractivity contribution in [2.45, 2.75) is 117 Å². The van der Waals surface area contributed by atoms with Gasteiger partial charge in [-0.25, -0.2) is 4.79 Å². The number of carbonyl (C=O) groups excluding carboxylic acids is 7. The number of hydrogen-bond acceptors (Lipinski definition) is 15. The van der Waals surface area contributed by atoms with Crippen LogP contribution in [0.4, 0.5) is 0 Å². The van der Waals surface area contributed by atoms with Crippen LogP contribution in [0.3, 0.4) is 0 Å². The summed E-state index contributed by atoms with van der Waals surface area (Å²) in [6, 6.07) is 7.68. The molecule has 1 saturated carbocycles. The third-order valence-corrected chi connectivity index (χ3v) is 10.1. The second-order valence-electron chi connectivity index (χ2n) is 14.3. The lowest BCUT2D eigenvalue weighted by atomic mass is 9.68. The first kappa shape index (κ1) is 40.1. The zero-order chi connectivity index (χ0) is 39.1. The van der Waals surface area contributed by atoms with Crippen molar-refractivity contribution in [2.24, 2.45) is 23.2 Å². The summed E-state index contributed by atoms with van der Waals surface area (Å²) in [5.41, 5.74) is -4.28. The fourth-order valence-corrected chi connectivity index (χ4v) is 7.99. The fourth-order valence-electron chi connectivity index (χ4n) is 7.99. The molecule has 2 unspecified atom stereocenters. The number of ether oxygens (including phenoxy) is 7. The first-order valence-corrected chi connectivity index (χ1v) is 16.9. The minimum Gasteiger partial charge on any atom is -0.462 e. The van der Waals surface area contributed by atoms with Crippen molar-refractivity contribution in [1.82, 2.24) is 0 Å². The number of hydrogen-bond donors (Lipinski definition) is 1. The van der Waals surface area contributed by atoms with E-state index in [2.05, 4.69) is 6.58 Å². The van der Waals surface area contributed by atoms with E-state index in [0.717, 1.165) is 34.6 Å². The second kappa shape index (κ2) is 14.8. The topological polar surface area (TPSA) is 204 Å². The average molecular weight is 731 g/mol. The van der Waals surface area contributed by atoms with Gasteiger partial charge < -0.3 is 38.3 Å². The third kappa shape index (κ3) is 7.20. The first-order chi connectivity index (χ1) is 24.1. The Labute approximate surface area is 301 Å². The molecule has 0 aromatic heterocycles. The highest BCUT2D eigenvalue weighted by Gasteiger charge is 2.77. The molecule has 1 aromatic carbocycles. The molecule has 2 bridgehead atoms. The molecule has 0 radical (unpaired) electrons. The van der Waals surface area contributed by atoms with Gasteiger partial charge in [0.05, 0.1) is 17.4 Å². The third-order valence-electron chi connectivity index (χ3n) is 10.1. The smallest absolute Gasteiger partial charge is 0.338 e. The van der Waals surface area contributed by atoms with Crippen LogP contribution in [-0.2, 0) is 61.9 Å². The maximum Gasteiger partial charge on any atom is 0.338 e. The fraction of sp³-hybridized carbons (Fsp3) is 0.595. The largest absolute Gasteiger partial charge is 0.462 e. The predicted octanol–water partition coefficient (Wildman–Crippen LogP) is 2.79. The van der Waals surface area contributed by atoms with E-state index in [1.165, 1.54) is 32.9 Å². The van der Waals surface area contributed by atoms with Crippen LogP contribution in [0.2, 0.25) is 0 Å². The van der Waals surface area contributed by atoms with Gasteiger partial charge in [0.1, 0.15) is 18.3 Å². The molecule has 284 valence electrons. The van der Waals surface area contributed by atoms with E-state index >= 15 is 0 Å². The van der Waals surface area contributed by atoms with Crippen molar-refractivity contribution < 1.29 is 71.8 Å². The summed E-state index contributed by atoms with van der Waals surface area (Å²) in [6.07, 6.45) is -10.4. The molecule has 3 aliphatic rings. The molecule has 1 N–H and O–H groups in total. The first-order valence-electron chi connectivity index (χ1n) is 16.9. The average Bonchev–Trinajstić information content (AvgIpc) is 3.45. The molecule has 0 amide bonds. The predicted molar refractivity (Wildman–Crippen MR) is 177 cm³/mol. The number of rotatable bonds is 7. The van der Waals surface area contributed by atoms with Gasteiger partial charge in [0.2, 0.25) is 5.79 Å². The minimum atomic E-state index is -2.71. The number of aliphatic hydroxyl groups is 1. The summed E-state index contributed by atoms with van der Waals surface area (Å²) in [5.74, 6) is -12.7. The molecule has 4 rings (SSSR count). The highest BCUT2D eigenvalue weighted by Crippen LogP contribution is 2.60. The summed E-state index contributed by atoms with van der Waals surface area (Å²) < 4.78 is 41.7. The summed E-state index contributed by atoms with van der Waals surface area (Å²) in [7, 11) is 0. The Kier molecular flexibility index (Phi) is 11.4. The Balaban J connectivity index is 2.16. The lowest BCUT2D eigenvalue weighted by Gasteiger charge is -2.49. The van der Waals surface area contributed by atoms with Gasteiger partial charge in [0.15, 0.2) is 29.7 Å². The van der Waals surface area contributed by atoms with E-state index in [0.29, 0.717) is 0 Å². The number of ketones is 1. The van der Waals surface area contributed by atoms with Crippen LogP contribution in [0, 0.1) is 23.2 Å². The SMILES string of the molecule is C=C1C(OC(C)=O)[C@H]2[C@@H](OC(C)=O)[C@@H](C)C[C@]2(OC(C)=O)[C@]2(O)O[C@@H](C(=O)[C@H]2C)C(C)(C)C(OC(C)=O)[C@H](OC(=O)c2ccccc2)[C@H]1OC(C)=O. The van der Waals surface area contributed by atoms with Gasteiger partial charge in [0, 0.05) is 45.6 Å². The standard InChI is InChI=1S/C37H46O15/c1-17-16-36(51-24(8)42)26(28(17)46-20(4)38)29(47-21(5)39)18(2)30(48-22(6)40)31(50-34(44)25-14-12-11-13-15-25)33(49-23(7)41)35(9,10)32-27(43)19(3)37(36,45)52-32/h11-15,17,19,26,28-33,45H,2,16H2,1,3-10H3/t17-,19+,26+,28-,29?,30-,31+,32-,33?,36+,37+/m0/s1. The maximum absolute atomic E-state index is 14.4. The Morgan fingerprint density at radius 2 is 1.31 bits per heavy atom. The maximum atomic E-state index is 14.4. The Hall–Kier alpha value is -4.63. The highest BCUT2D eigenvalue weighted by molar-refractivity contribution is 5.90. The molecule has 1 aliphatic carbocycles. The molecule has 15 heteroatoms. The lowest BCUT2D eigenvalue weighted by molar-refractivity contribution is -0.334. The van der Waals surface area contributed by atoms with Crippen molar-refractivity contribution in [1.29, 1.82) is 0 Å². The van der Waals surface area contributed by atoms with Gasteiger partial charge in [-0.1, -0.05) is 52.5 Å². The van der Waals surface area contributed by atoms with E-state index in [1.807, 2.05) is 0 Å². The Morgan fingerprint density at radius 3 is 1.83 bits per heavy atom. The van der Waals surface area contributed by atoms with Crippen LogP contribution in [-0.4, -0.2) is 94.7 Å². The van der Waals surface area contributed by atoms with Gasteiger partial charge in [0.25, 0.3) is 0 Å². The highest BCUT2D eigenvalue weighted by atomic mass is 16.7. The summed E-state index contributed by atoms with van der Waals surface area (Å²) in [5, 5.41) is 12.8. The van der Waals surface area contributed by atoms with Crippen molar-refractivity contribution in [2.75, 3.05) is 0 Å². The van der Waals surface area contributed by atoms with E-state index < -0.39 is 113 Å². The van der Waals surface area contributed by atoms with Crippen molar-refractivity contribution >= 4 is 41.6 Å². The molecule has 2 aliphatic heterocycles. The summed E-state index contributed by atoms with van der Waals surface area (Å²) in [4.78, 5) is 92.5. The Bertz CT molecular complexity index is 1630. The van der Waals surface area contributed by atoms with E-state index in [-0.39, 0.29) is 17.6 Å². The molecular weight excluding hydrogens is 684 g/mol. The van der Waals surface area contributed by atoms with E-state index in [4.69, 9.17) is 33.2 Å². The summed E-state index contributed by atoms with van der Waals surface area (Å²) in [6.45, 7) is 15.4. The van der Waals surface area contributed by atoms with Gasteiger partial charge in [-0.2, -0.15) is 0 Å². The van der Waals surface area contributed by atoms with Gasteiger partial charge in [-0.05, 0) is 24.5 Å². The van der Waals surface area contributed by atoms with Crippen molar-refractivity contribution in [3.8, 4) is 0 Å². The molecule has 0 spiro atoms. The van der Waals surface area contributed by atoms with Gasteiger partial charge >= 0.3 is 35.8 Å². The molecule has 2 heterocycles. The van der Waals surface area contributed by atoms with Gasteiger partial charge in [-0.3, -0.25) is 28.8 Å². The minimum absolute atomic E-state index is 0.0459. The molecule has 11 atom stereocenters. The van der Waals surface area contributed by atoms with Crippen LogP contribution in [0.1, 0.15) is 79.1 Å². The number of carbonyl (C=O) groups is 7. The van der Waals surface area contributed by atoms with Crippen LogP contribution in [0.25, 0.3) is 0 Å². The molecular formula is C37H46O15. The lowest BCUT2D eigenvalue weighted by Crippen LogP contribution is -2.66. The van der Waals surface area contributed by atoms with Crippen molar-refractivity contribution in [3.05, 3.63) is 48.0 Å². The number of benzene rings is 1. The van der Waals surface area contributed by atoms with Crippen LogP contribution < -0.4 is 0 Å². The Morgan fingerprint density at radius 1 is 0.769 bits per heavy atom. The zero-order valence-electron chi connectivity index (χ0n) is 30.7. The van der Waals surface area contributed by atoms with Crippen molar-refractivity contribution in [3.63, 3.8) is 0 Å². The molecule has 1 aromatic rings. The van der Waals surface area contributed by atoms with Crippen LogP contribution >= 0.6 is 0 Å². The number of fused-ring (bicyclic) bond motifs is 4. The quantitative estimate of drug-likeness (QED) is 0.243. The monoisotopic (exact) mass is 730 g/mol. The molecule has 15 nitrogen and oxygen atoms in total. The van der Waals surface area contributed by atoms with Gasteiger partial charge in [-0.15, -0.1) is 0 Å². The zero-order valence-corrected chi connectivity index (χ0v) is 30.7. The van der Waals surface area contributed by atoms with E-state index in [9.17, 15) is 38.7 Å². The second-order valence-corrected chi connectivity index (χ2v) is 14.3. The van der Waals surface area contributed by atoms with Crippen LogP contribution in [0.5, 0.6) is 0 Å². The molecule has 3 fully saturated rings. The molecule has 2 saturated heterocycles. The normalized spacial score (nSPS) is 35.2. The number of esters is 6.